The van der Waals surface area contributed by atoms with Crippen LogP contribution in [0.1, 0.15) is 18.4 Å². The fourth-order valence-electron chi connectivity index (χ4n) is 3.43. The summed E-state index contributed by atoms with van der Waals surface area (Å²) in [5, 5.41) is 14.8. The van der Waals surface area contributed by atoms with E-state index >= 15 is 0 Å². The lowest BCUT2D eigenvalue weighted by Gasteiger charge is -2.32. The number of carbonyl (C=O) groups excluding carboxylic acids is 1. The number of amides is 1. The van der Waals surface area contributed by atoms with Crippen LogP contribution >= 0.6 is 11.6 Å². The topological polar surface area (TPSA) is 84.7 Å². The summed E-state index contributed by atoms with van der Waals surface area (Å²) in [7, 11) is 1.53. The highest BCUT2D eigenvalue weighted by molar-refractivity contribution is 6.31. The smallest absolute Gasteiger partial charge is 0.292 e. The van der Waals surface area contributed by atoms with Gasteiger partial charge in [0.05, 0.1) is 17.7 Å². The lowest BCUT2D eigenvalue weighted by Crippen LogP contribution is -2.38. The summed E-state index contributed by atoms with van der Waals surface area (Å²) in [5.41, 5.74) is 2.13. The zero-order valence-corrected chi connectivity index (χ0v) is 16.5. The number of benzene rings is 2. The first-order chi connectivity index (χ1) is 13.4. The molecule has 148 valence electrons. The number of rotatable bonds is 5. The molecule has 1 aliphatic rings. The fourth-order valence-corrected chi connectivity index (χ4v) is 3.59. The summed E-state index contributed by atoms with van der Waals surface area (Å²) >= 11 is 6.11. The second-order valence-electron chi connectivity index (χ2n) is 6.80. The highest BCUT2D eigenvalue weighted by Crippen LogP contribution is 2.33. The number of hydrogen-bond donors (Lipinski definition) is 1. The van der Waals surface area contributed by atoms with E-state index in [1.165, 1.54) is 13.2 Å². The Hall–Kier alpha value is -2.80. The Balaban J connectivity index is 1.67. The third kappa shape index (κ3) is 4.20. The lowest BCUT2D eigenvalue weighted by atomic mass is 9.95. The molecular weight excluding hydrogens is 382 g/mol. The molecule has 0 saturated carbocycles. The average molecular weight is 404 g/mol. The van der Waals surface area contributed by atoms with Crippen LogP contribution in [0.2, 0.25) is 5.02 Å². The van der Waals surface area contributed by atoms with Crippen molar-refractivity contribution < 1.29 is 14.5 Å². The largest absolute Gasteiger partial charge is 0.495 e. The number of ether oxygens (including phenoxy) is 1. The van der Waals surface area contributed by atoms with E-state index in [0.717, 1.165) is 5.56 Å². The van der Waals surface area contributed by atoms with Gasteiger partial charge in [0.15, 0.2) is 0 Å². The van der Waals surface area contributed by atoms with Crippen LogP contribution in [0, 0.1) is 23.0 Å². The van der Waals surface area contributed by atoms with Gasteiger partial charge in [0.2, 0.25) is 5.91 Å². The Bertz CT molecular complexity index is 895. The van der Waals surface area contributed by atoms with Crippen molar-refractivity contribution in [1.29, 1.82) is 0 Å². The summed E-state index contributed by atoms with van der Waals surface area (Å²) in [5.74, 6) is 0.267. The van der Waals surface area contributed by atoms with Crippen molar-refractivity contribution in [3.63, 3.8) is 0 Å². The summed E-state index contributed by atoms with van der Waals surface area (Å²) < 4.78 is 5.31. The number of carbonyl (C=O) groups is 1. The minimum atomic E-state index is -0.372. The van der Waals surface area contributed by atoms with Crippen LogP contribution in [-0.4, -0.2) is 31.0 Å². The van der Waals surface area contributed by atoms with E-state index < -0.39 is 0 Å². The van der Waals surface area contributed by atoms with Crippen LogP contribution in [-0.2, 0) is 4.79 Å². The van der Waals surface area contributed by atoms with Crippen molar-refractivity contribution in [2.45, 2.75) is 19.8 Å². The van der Waals surface area contributed by atoms with Gasteiger partial charge in [0.25, 0.3) is 5.69 Å². The van der Waals surface area contributed by atoms with E-state index in [2.05, 4.69) is 5.32 Å². The number of methoxy groups -OCH3 is 1. The van der Waals surface area contributed by atoms with Crippen LogP contribution in [0.4, 0.5) is 17.1 Å². The first-order valence-corrected chi connectivity index (χ1v) is 9.42. The Morgan fingerprint density at radius 2 is 1.96 bits per heavy atom. The number of halogens is 1. The third-order valence-electron chi connectivity index (χ3n) is 5.02. The Morgan fingerprint density at radius 3 is 2.61 bits per heavy atom. The number of para-hydroxylation sites is 2. The van der Waals surface area contributed by atoms with Gasteiger partial charge in [0, 0.05) is 36.2 Å². The molecule has 7 nitrogen and oxygen atoms in total. The molecule has 0 bridgehead atoms. The third-order valence-corrected chi connectivity index (χ3v) is 5.43. The van der Waals surface area contributed by atoms with Gasteiger partial charge in [0.1, 0.15) is 11.4 Å². The van der Waals surface area contributed by atoms with Crippen molar-refractivity contribution in [2.75, 3.05) is 30.4 Å². The quantitative estimate of drug-likeness (QED) is 0.590. The van der Waals surface area contributed by atoms with Gasteiger partial charge < -0.3 is 15.0 Å². The number of hydrogen-bond acceptors (Lipinski definition) is 5. The van der Waals surface area contributed by atoms with E-state index in [-0.39, 0.29) is 22.4 Å². The van der Waals surface area contributed by atoms with Gasteiger partial charge in [-0.1, -0.05) is 23.7 Å². The maximum atomic E-state index is 12.7. The minimum absolute atomic E-state index is 0.0813. The molecule has 0 aliphatic carbocycles. The zero-order valence-electron chi connectivity index (χ0n) is 15.8. The molecular formula is C20H22ClN3O4. The van der Waals surface area contributed by atoms with Crippen LogP contribution in [0.5, 0.6) is 5.75 Å². The monoisotopic (exact) mass is 403 g/mol. The van der Waals surface area contributed by atoms with Crippen molar-refractivity contribution in [2.24, 2.45) is 5.92 Å². The first kappa shape index (κ1) is 19.9. The van der Waals surface area contributed by atoms with E-state index in [1.807, 2.05) is 11.8 Å². The Morgan fingerprint density at radius 1 is 1.29 bits per heavy atom. The summed E-state index contributed by atoms with van der Waals surface area (Å²) in [6.07, 6.45) is 1.24. The normalized spacial score (nSPS) is 14.6. The summed E-state index contributed by atoms with van der Waals surface area (Å²) in [6.45, 7) is 3.03. The van der Waals surface area contributed by atoms with Crippen molar-refractivity contribution in [3.05, 3.63) is 57.1 Å². The summed E-state index contributed by atoms with van der Waals surface area (Å²) in [6, 6.07) is 10.2. The maximum absolute atomic E-state index is 12.7. The number of aryl methyl sites for hydroxylation is 1. The molecule has 0 radical (unpaired) electrons. The molecule has 2 aromatic carbocycles. The van der Waals surface area contributed by atoms with E-state index in [4.69, 9.17) is 16.3 Å². The highest BCUT2D eigenvalue weighted by Gasteiger charge is 2.28. The standard InChI is InChI=1S/C20H22ClN3O4/c1-13-11-16(19(28-2)12-15(13)21)22-20(25)14-7-9-23(10-8-14)17-5-3-4-6-18(17)24(26)27/h3-6,11-12,14H,7-10H2,1-2H3,(H,22,25). The van der Waals surface area contributed by atoms with Gasteiger partial charge in [-0.15, -0.1) is 0 Å². The van der Waals surface area contributed by atoms with Crippen molar-refractivity contribution >= 4 is 34.6 Å². The van der Waals surface area contributed by atoms with E-state index in [9.17, 15) is 14.9 Å². The molecule has 0 spiro atoms. The number of anilines is 2. The molecule has 2 aromatic rings. The van der Waals surface area contributed by atoms with E-state index in [0.29, 0.717) is 48.1 Å². The molecule has 1 N–H and O–H groups in total. The van der Waals surface area contributed by atoms with Crippen LogP contribution in [0.15, 0.2) is 36.4 Å². The fraction of sp³-hybridized carbons (Fsp3) is 0.350. The lowest BCUT2D eigenvalue weighted by molar-refractivity contribution is -0.384. The number of piperidine rings is 1. The molecule has 28 heavy (non-hydrogen) atoms. The molecule has 1 aliphatic heterocycles. The highest BCUT2D eigenvalue weighted by atomic mass is 35.5. The number of nitrogens with zero attached hydrogens (tertiary/aromatic N) is 2. The molecule has 1 fully saturated rings. The molecule has 1 saturated heterocycles. The van der Waals surface area contributed by atoms with Gasteiger partial charge in [-0.05, 0) is 37.5 Å². The molecule has 1 heterocycles. The van der Waals surface area contributed by atoms with Crippen LogP contribution in [0.3, 0.4) is 0 Å². The second-order valence-corrected chi connectivity index (χ2v) is 7.21. The molecule has 0 atom stereocenters. The number of nitro groups is 1. The van der Waals surface area contributed by atoms with Crippen LogP contribution in [0.25, 0.3) is 0 Å². The maximum Gasteiger partial charge on any atom is 0.292 e. The summed E-state index contributed by atoms with van der Waals surface area (Å²) in [4.78, 5) is 25.6. The van der Waals surface area contributed by atoms with E-state index in [1.54, 1.807) is 30.3 Å². The molecule has 8 heteroatoms. The number of nitro benzene ring substituents is 1. The molecule has 0 aromatic heterocycles. The van der Waals surface area contributed by atoms with Crippen molar-refractivity contribution in [1.82, 2.24) is 0 Å². The predicted molar refractivity (Wildman–Crippen MR) is 109 cm³/mol. The Labute approximate surface area is 168 Å². The molecule has 3 rings (SSSR count). The van der Waals surface area contributed by atoms with Gasteiger partial charge >= 0.3 is 0 Å². The van der Waals surface area contributed by atoms with Gasteiger partial charge in [-0.3, -0.25) is 14.9 Å². The van der Waals surface area contributed by atoms with Gasteiger partial charge in [-0.2, -0.15) is 0 Å². The SMILES string of the molecule is COc1cc(Cl)c(C)cc1NC(=O)C1CCN(c2ccccc2[N+](=O)[O-])CC1. The molecule has 0 unspecified atom stereocenters. The minimum Gasteiger partial charge on any atom is -0.495 e. The van der Waals surface area contributed by atoms with Crippen LogP contribution < -0.4 is 15.0 Å². The van der Waals surface area contributed by atoms with Gasteiger partial charge in [-0.25, -0.2) is 0 Å². The average Bonchev–Trinajstić information content (AvgIpc) is 2.70. The predicted octanol–water partition coefficient (Wildman–Crippen LogP) is 4.42. The zero-order chi connectivity index (χ0) is 20.3. The Kier molecular flexibility index (Phi) is 6.04. The second kappa shape index (κ2) is 8.48. The number of nitrogens with one attached hydrogen (secondary N) is 1. The molecule has 1 amide bonds. The van der Waals surface area contributed by atoms with Crippen molar-refractivity contribution in [3.8, 4) is 5.75 Å². The first-order valence-electron chi connectivity index (χ1n) is 9.04.